The van der Waals surface area contributed by atoms with Crippen LogP contribution in [0.15, 0.2) is 46.9 Å². The third kappa shape index (κ3) is 5.59. The maximum absolute atomic E-state index is 12.6. The number of nitrogens with one attached hydrogen (secondary N) is 1. The van der Waals surface area contributed by atoms with E-state index < -0.39 is 0 Å². The van der Waals surface area contributed by atoms with Crippen LogP contribution in [0.25, 0.3) is 0 Å². The average Bonchev–Trinajstić information content (AvgIpc) is 2.62. The number of halogens is 1. The number of nitrogens with zero attached hydrogens (tertiary/aromatic N) is 1. The Morgan fingerprint density at radius 3 is 2.42 bits per heavy atom. The van der Waals surface area contributed by atoms with Crippen LogP contribution in [0, 0.1) is 0 Å². The third-order valence-corrected chi connectivity index (χ3v) is 4.21. The van der Waals surface area contributed by atoms with Crippen molar-refractivity contribution in [3.05, 3.63) is 58.1 Å². The van der Waals surface area contributed by atoms with E-state index in [2.05, 4.69) is 21.2 Å². The highest BCUT2D eigenvalue weighted by Gasteiger charge is 2.14. The first-order valence-electron chi connectivity index (χ1n) is 8.43. The summed E-state index contributed by atoms with van der Waals surface area (Å²) in [5.74, 6) is 0.351. The van der Waals surface area contributed by atoms with Crippen molar-refractivity contribution in [3.8, 4) is 5.75 Å². The fourth-order valence-corrected chi connectivity index (χ4v) is 2.62. The number of rotatable bonds is 7. The van der Waals surface area contributed by atoms with Gasteiger partial charge in [-0.1, -0.05) is 35.0 Å². The Labute approximate surface area is 162 Å². The molecule has 0 spiro atoms. The van der Waals surface area contributed by atoms with Crippen molar-refractivity contribution in [1.82, 2.24) is 4.90 Å². The van der Waals surface area contributed by atoms with Crippen molar-refractivity contribution >= 4 is 33.4 Å². The molecule has 0 radical (unpaired) electrons. The molecule has 0 bridgehead atoms. The van der Waals surface area contributed by atoms with Gasteiger partial charge in [-0.05, 0) is 42.3 Å². The number of carbonyl (C=O) groups excluding carboxylic acids is 2. The lowest BCUT2D eigenvalue weighted by Gasteiger charge is -2.13. The maximum atomic E-state index is 12.6. The van der Waals surface area contributed by atoms with E-state index in [-0.39, 0.29) is 11.8 Å². The molecule has 0 saturated heterocycles. The second-order valence-corrected chi connectivity index (χ2v) is 7.02. The van der Waals surface area contributed by atoms with Gasteiger partial charge in [0.25, 0.3) is 5.91 Å². The van der Waals surface area contributed by atoms with E-state index in [1.54, 1.807) is 43.3 Å². The van der Waals surface area contributed by atoms with Gasteiger partial charge in [0.05, 0.1) is 18.6 Å². The van der Waals surface area contributed by atoms with Crippen LogP contribution < -0.4 is 10.1 Å². The number of likely N-dealkylation sites (N-methyl/N-ethyl adjacent to an activating group) is 1. The summed E-state index contributed by atoms with van der Waals surface area (Å²) in [6.07, 6.45) is 1.20. The SMILES string of the molecule is CCCOc1ccc(Br)cc1C(=O)Nc1ccc(CC(=O)N(C)C)cc1. The van der Waals surface area contributed by atoms with E-state index in [1.165, 1.54) is 0 Å². The molecule has 0 unspecified atom stereocenters. The zero-order valence-electron chi connectivity index (χ0n) is 15.2. The summed E-state index contributed by atoms with van der Waals surface area (Å²) in [5.41, 5.74) is 2.04. The number of anilines is 1. The lowest BCUT2D eigenvalue weighted by atomic mass is 10.1. The Hall–Kier alpha value is -2.34. The summed E-state index contributed by atoms with van der Waals surface area (Å²) >= 11 is 3.39. The molecule has 0 aliphatic rings. The molecule has 2 aromatic carbocycles. The number of amides is 2. The van der Waals surface area contributed by atoms with Gasteiger partial charge in [0.2, 0.25) is 5.91 Å². The van der Waals surface area contributed by atoms with E-state index >= 15 is 0 Å². The number of hydrogen-bond acceptors (Lipinski definition) is 3. The second kappa shape index (κ2) is 9.38. The monoisotopic (exact) mass is 418 g/mol. The van der Waals surface area contributed by atoms with Crippen LogP contribution in [0.2, 0.25) is 0 Å². The molecular formula is C20H23BrN2O3. The summed E-state index contributed by atoms with van der Waals surface area (Å²) in [5, 5.41) is 2.87. The second-order valence-electron chi connectivity index (χ2n) is 6.10. The normalized spacial score (nSPS) is 10.3. The predicted molar refractivity (Wildman–Crippen MR) is 107 cm³/mol. The Bertz CT molecular complexity index is 773. The van der Waals surface area contributed by atoms with Gasteiger partial charge >= 0.3 is 0 Å². The minimum Gasteiger partial charge on any atom is -0.493 e. The average molecular weight is 419 g/mol. The summed E-state index contributed by atoms with van der Waals surface area (Å²) in [4.78, 5) is 25.9. The van der Waals surface area contributed by atoms with Crippen molar-refractivity contribution in [3.63, 3.8) is 0 Å². The number of ether oxygens (including phenoxy) is 1. The van der Waals surface area contributed by atoms with Gasteiger partial charge in [-0.2, -0.15) is 0 Å². The molecule has 1 N–H and O–H groups in total. The molecule has 2 rings (SSSR count). The molecule has 26 heavy (non-hydrogen) atoms. The first-order chi connectivity index (χ1) is 12.4. The van der Waals surface area contributed by atoms with E-state index in [4.69, 9.17) is 4.74 Å². The van der Waals surface area contributed by atoms with Crippen molar-refractivity contribution in [2.75, 3.05) is 26.0 Å². The standard InChI is InChI=1S/C20H23BrN2O3/c1-4-11-26-18-10-7-15(21)13-17(18)20(25)22-16-8-5-14(6-9-16)12-19(24)23(2)3/h5-10,13H,4,11-12H2,1-3H3,(H,22,25). The van der Waals surface area contributed by atoms with Crippen molar-refractivity contribution in [2.45, 2.75) is 19.8 Å². The van der Waals surface area contributed by atoms with Crippen LogP contribution in [0.1, 0.15) is 29.3 Å². The predicted octanol–water partition coefficient (Wildman–Crippen LogP) is 4.12. The van der Waals surface area contributed by atoms with E-state index in [1.807, 2.05) is 25.1 Å². The lowest BCUT2D eigenvalue weighted by molar-refractivity contribution is -0.127. The first kappa shape index (κ1) is 20.0. The van der Waals surface area contributed by atoms with Gasteiger partial charge in [-0.25, -0.2) is 0 Å². The maximum Gasteiger partial charge on any atom is 0.259 e. The topological polar surface area (TPSA) is 58.6 Å². The highest BCUT2D eigenvalue weighted by atomic mass is 79.9. The Balaban J connectivity index is 2.10. The van der Waals surface area contributed by atoms with Crippen LogP contribution in [0.3, 0.4) is 0 Å². The third-order valence-electron chi connectivity index (χ3n) is 3.71. The van der Waals surface area contributed by atoms with Crippen LogP contribution in [0.4, 0.5) is 5.69 Å². The Kier molecular flexibility index (Phi) is 7.21. The Morgan fingerprint density at radius 2 is 1.81 bits per heavy atom. The number of carbonyl (C=O) groups is 2. The van der Waals surface area contributed by atoms with Crippen molar-refractivity contribution in [1.29, 1.82) is 0 Å². The largest absolute Gasteiger partial charge is 0.493 e. The smallest absolute Gasteiger partial charge is 0.259 e. The highest BCUT2D eigenvalue weighted by molar-refractivity contribution is 9.10. The molecule has 2 aromatic rings. The van der Waals surface area contributed by atoms with E-state index in [0.717, 1.165) is 16.5 Å². The summed E-state index contributed by atoms with van der Waals surface area (Å²) in [6, 6.07) is 12.6. The van der Waals surface area contributed by atoms with Gasteiger partial charge in [0.1, 0.15) is 5.75 Å². The van der Waals surface area contributed by atoms with Gasteiger partial charge in [-0.3, -0.25) is 9.59 Å². The summed E-state index contributed by atoms with van der Waals surface area (Å²) in [6.45, 7) is 2.57. The molecule has 0 aliphatic heterocycles. The fraction of sp³-hybridized carbons (Fsp3) is 0.300. The molecule has 138 valence electrons. The van der Waals surface area contributed by atoms with E-state index in [9.17, 15) is 9.59 Å². The highest BCUT2D eigenvalue weighted by Crippen LogP contribution is 2.24. The summed E-state index contributed by atoms with van der Waals surface area (Å²) < 4.78 is 6.47. The summed E-state index contributed by atoms with van der Waals surface area (Å²) in [7, 11) is 3.46. The van der Waals surface area contributed by atoms with Crippen LogP contribution >= 0.6 is 15.9 Å². The van der Waals surface area contributed by atoms with Gasteiger partial charge in [-0.15, -0.1) is 0 Å². The van der Waals surface area contributed by atoms with Gasteiger partial charge < -0.3 is 15.0 Å². The molecule has 0 heterocycles. The molecule has 0 aliphatic carbocycles. The Morgan fingerprint density at radius 1 is 1.12 bits per heavy atom. The zero-order valence-corrected chi connectivity index (χ0v) is 16.8. The number of hydrogen-bond donors (Lipinski definition) is 1. The van der Waals surface area contributed by atoms with E-state index in [0.29, 0.717) is 30.0 Å². The fourth-order valence-electron chi connectivity index (χ4n) is 2.25. The minimum atomic E-state index is -0.241. The van der Waals surface area contributed by atoms with Gasteiger partial charge in [0, 0.05) is 24.3 Å². The molecule has 0 saturated carbocycles. The molecular weight excluding hydrogens is 396 g/mol. The van der Waals surface area contributed by atoms with Crippen LogP contribution in [0.5, 0.6) is 5.75 Å². The molecule has 0 atom stereocenters. The van der Waals surface area contributed by atoms with Crippen molar-refractivity contribution < 1.29 is 14.3 Å². The zero-order chi connectivity index (χ0) is 19.1. The van der Waals surface area contributed by atoms with Crippen molar-refractivity contribution in [2.24, 2.45) is 0 Å². The lowest BCUT2D eigenvalue weighted by Crippen LogP contribution is -2.23. The van der Waals surface area contributed by atoms with Crippen LogP contribution in [-0.2, 0) is 11.2 Å². The minimum absolute atomic E-state index is 0.0358. The molecule has 0 fully saturated rings. The molecule has 2 amide bonds. The van der Waals surface area contributed by atoms with Crippen LogP contribution in [-0.4, -0.2) is 37.4 Å². The molecule has 6 heteroatoms. The van der Waals surface area contributed by atoms with Gasteiger partial charge in [0.15, 0.2) is 0 Å². The molecule has 5 nitrogen and oxygen atoms in total. The molecule has 0 aromatic heterocycles. The first-order valence-corrected chi connectivity index (χ1v) is 9.22. The number of benzene rings is 2. The quantitative estimate of drug-likeness (QED) is 0.735.